The molecule has 0 bridgehead atoms. The van der Waals surface area contributed by atoms with Crippen molar-refractivity contribution in [3.05, 3.63) is 206 Å². The van der Waals surface area contributed by atoms with E-state index in [1.165, 1.54) is 20.2 Å². The highest BCUT2D eigenvalue weighted by atomic mass is 32.1. The van der Waals surface area contributed by atoms with Gasteiger partial charge in [-0.1, -0.05) is 182 Å². The maximum absolute atomic E-state index is 7.21. The van der Waals surface area contributed by atoms with Gasteiger partial charge in [-0.2, -0.15) is 0 Å². The highest BCUT2D eigenvalue weighted by Gasteiger charge is 2.26. The second kappa shape index (κ2) is 14.9. The Kier molecular flexibility index (Phi) is 8.61. The van der Waals surface area contributed by atoms with Crippen LogP contribution in [0.3, 0.4) is 0 Å². The summed E-state index contributed by atoms with van der Waals surface area (Å²) in [7, 11) is 0. The zero-order valence-corrected chi connectivity index (χ0v) is 34.1. The lowest BCUT2D eigenvalue weighted by Gasteiger charge is -2.11. The summed E-state index contributed by atoms with van der Waals surface area (Å²) >= 11 is 1.81. The highest BCUT2D eigenvalue weighted by Crippen LogP contribution is 2.50. The van der Waals surface area contributed by atoms with E-state index in [2.05, 4.69) is 133 Å². The number of hydrogen-bond donors (Lipinski definition) is 0. The van der Waals surface area contributed by atoms with Gasteiger partial charge in [0, 0.05) is 58.9 Å². The number of furan rings is 1. The molecule has 0 atom stereocenters. The third-order valence-corrected chi connectivity index (χ3v) is 12.8. The van der Waals surface area contributed by atoms with Crippen LogP contribution in [0.15, 0.2) is 211 Å². The Labute approximate surface area is 361 Å². The quantitative estimate of drug-likeness (QED) is 0.160. The predicted octanol–water partition coefficient (Wildman–Crippen LogP) is 15.2. The SMILES string of the molecule is c1ccc(-c2nc(-c3ccccc3)nc(-c3ccc(-c4ccc(-c5c(-c6cccc7c6sc6ccccc67)oc6c5c(-c5ccccc5)nc5ccccc56)cc4)cc3)n2)cc1. The van der Waals surface area contributed by atoms with Crippen LogP contribution in [0.5, 0.6) is 0 Å². The molecule has 12 rings (SSSR count). The molecule has 0 fully saturated rings. The summed E-state index contributed by atoms with van der Waals surface area (Å²) in [5, 5.41) is 4.47. The molecule has 4 heterocycles. The Morgan fingerprint density at radius 3 is 1.47 bits per heavy atom. The van der Waals surface area contributed by atoms with Crippen molar-refractivity contribution in [2.24, 2.45) is 0 Å². The fourth-order valence-corrected chi connectivity index (χ4v) is 9.77. The standard InChI is InChI=1S/C56H34N4OS/c1-4-15-38(16-5-1)50-49-48(52(61-51(49)44-22-10-12-25-46(44)57-50)45-24-14-23-43-42-21-11-13-26-47(42)62-53(43)45)37-31-27-35(28-32-37)36-29-33-41(34-30-36)56-59-54(39-17-6-2-7-18-39)58-55(60-56)40-19-8-3-9-20-40/h1-34H. The second-order valence-corrected chi connectivity index (χ2v) is 16.4. The largest absolute Gasteiger partial charge is 0.455 e. The van der Waals surface area contributed by atoms with Crippen molar-refractivity contribution < 1.29 is 4.42 Å². The van der Waals surface area contributed by atoms with E-state index in [1.807, 2.05) is 84.1 Å². The lowest BCUT2D eigenvalue weighted by atomic mass is 9.93. The van der Waals surface area contributed by atoms with Gasteiger partial charge in [0.05, 0.1) is 16.6 Å². The summed E-state index contributed by atoms with van der Waals surface area (Å²) < 4.78 is 9.67. The number of nitrogens with zero attached hydrogens (tertiary/aromatic N) is 4. The van der Waals surface area contributed by atoms with Gasteiger partial charge in [0.2, 0.25) is 0 Å². The van der Waals surface area contributed by atoms with E-state index >= 15 is 0 Å². The van der Waals surface area contributed by atoms with Crippen LogP contribution in [-0.4, -0.2) is 19.9 Å². The van der Waals surface area contributed by atoms with Crippen LogP contribution in [0.1, 0.15) is 0 Å². The van der Waals surface area contributed by atoms with E-state index in [0.717, 1.165) is 83.4 Å². The summed E-state index contributed by atoms with van der Waals surface area (Å²) in [5.41, 5.74) is 11.8. The molecule has 8 aromatic carbocycles. The molecule has 0 radical (unpaired) electrons. The molecule has 6 heteroatoms. The number of pyridine rings is 1. The van der Waals surface area contributed by atoms with Crippen LogP contribution in [-0.2, 0) is 0 Å². The van der Waals surface area contributed by atoms with Crippen molar-refractivity contribution in [2.45, 2.75) is 0 Å². The number of hydrogen-bond acceptors (Lipinski definition) is 6. The van der Waals surface area contributed by atoms with Gasteiger partial charge < -0.3 is 4.42 Å². The van der Waals surface area contributed by atoms with Crippen molar-refractivity contribution in [3.63, 3.8) is 0 Å². The molecule has 0 saturated carbocycles. The molecule has 4 aromatic heterocycles. The molecule has 0 saturated heterocycles. The lowest BCUT2D eigenvalue weighted by molar-refractivity contribution is 0.636. The Morgan fingerprint density at radius 1 is 0.355 bits per heavy atom. The van der Waals surface area contributed by atoms with Crippen LogP contribution in [0.25, 0.3) is 121 Å². The number of rotatable bonds is 7. The number of benzene rings is 8. The smallest absolute Gasteiger partial charge is 0.164 e. The number of aromatic nitrogens is 4. The molecule has 0 aliphatic heterocycles. The molecule has 0 N–H and O–H groups in total. The van der Waals surface area contributed by atoms with Crippen LogP contribution in [0, 0.1) is 0 Å². The molecule has 0 spiro atoms. The van der Waals surface area contributed by atoms with E-state index in [1.54, 1.807) is 0 Å². The Hall–Kier alpha value is -8.06. The monoisotopic (exact) mass is 810 g/mol. The molecule has 0 unspecified atom stereocenters. The molecular weight excluding hydrogens is 777 g/mol. The minimum Gasteiger partial charge on any atom is -0.455 e. The summed E-state index contributed by atoms with van der Waals surface area (Å²) in [5.74, 6) is 2.75. The molecule has 0 amide bonds. The average molecular weight is 811 g/mol. The van der Waals surface area contributed by atoms with Gasteiger partial charge in [-0.15, -0.1) is 11.3 Å². The molecular formula is C56H34N4OS. The van der Waals surface area contributed by atoms with Crippen molar-refractivity contribution in [3.8, 4) is 79.0 Å². The first-order valence-electron chi connectivity index (χ1n) is 20.6. The molecule has 0 aliphatic carbocycles. The minimum atomic E-state index is 0.628. The maximum Gasteiger partial charge on any atom is 0.164 e. The van der Waals surface area contributed by atoms with Crippen LogP contribution in [0.2, 0.25) is 0 Å². The summed E-state index contributed by atoms with van der Waals surface area (Å²) in [6.07, 6.45) is 0. The Bertz CT molecular complexity index is 3540. The van der Waals surface area contributed by atoms with E-state index < -0.39 is 0 Å². The third-order valence-electron chi connectivity index (χ3n) is 11.6. The first-order valence-corrected chi connectivity index (χ1v) is 21.4. The van der Waals surface area contributed by atoms with Crippen molar-refractivity contribution in [1.82, 2.24) is 19.9 Å². The van der Waals surface area contributed by atoms with Gasteiger partial charge in [-0.3, -0.25) is 0 Å². The average Bonchev–Trinajstić information content (AvgIpc) is 3.95. The summed E-state index contributed by atoms with van der Waals surface area (Å²) in [6, 6.07) is 71.4. The topological polar surface area (TPSA) is 64.7 Å². The van der Waals surface area contributed by atoms with E-state index in [0.29, 0.717) is 17.5 Å². The maximum atomic E-state index is 7.21. The normalized spacial score (nSPS) is 11.5. The van der Waals surface area contributed by atoms with Crippen LogP contribution < -0.4 is 0 Å². The zero-order chi connectivity index (χ0) is 41.0. The predicted molar refractivity (Wildman–Crippen MR) is 256 cm³/mol. The first-order chi connectivity index (χ1) is 30.7. The number of thiophene rings is 1. The summed E-state index contributed by atoms with van der Waals surface area (Å²) in [4.78, 5) is 20.1. The highest BCUT2D eigenvalue weighted by molar-refractivity contribution is 7.26. The molecule has 5 nitrogen and oxygen atoms in total. The van der Waals surface area contributed by atoms with Crippen LogP contribution >= 0.6 is 11.3 Å². The zero-order valence-electron chi connectivity index (χ0n) is 33.2. The Morgan fingerprint density at radius 2 is 0.839 bits per heavy atom. The fraction of sp³-hybridized carbons (Fsp3) is 0. The van der Waals surface area contributed by atoms with Crippen molar-refractivity contribution in [2.75, 3.05) is 0 Å². The molecule has 12 aromatic rings. The lowest BCUT2D eigenvalue weighted by Crippen LogP contribution is -2.00. The van der Waals surface area contributed by atoms with E-state index in [9.17, 15) is 0 Å². The fourth-order valence-electron chi connectivity index (χ4n) is 8.56. The minimum absolute atomic E-state index is 0.628. The number of para-hydroxylation sites is 1. The van der Waals surface area contributed by atoms with Gasteiger partial charge in [0.25, 0.3) is 0 Å². The van der Waals surface area contributed by atoms with Gasteiger partial charge in [-0.25, -0.2) is 19.9 Å². The third kappa shape index (κ3) is 6.16. The molecule has 0 aliphatic rings. The van der Waals surface area contributed by atoms with E-state index in [4.69, 9.17) is 24.4 Å². The number of fused-ring (bicyclic) bond motifs is 6. The Balaban J connectivity index is 0.998. The van der Waals surface area contributed by atoms with Crippen molar-refractivity contribution in [1.29, 1.82) is 0 Å². The molecule has 62 heavy (non-hydrogen) atoms. The molecule has 290 valence electrons. The first kappa shape index (κ1) is 35.8. The second-order valence-electron chi connectivity index (χ2n) is 15.3. The van der Waals surface area contributed by atoms with Gasteiger partial charge in [-0.05, 0) is 41.0 Å². The van der Waals surface area contributed by atoms with Crippen molar-refractivity contribution >= 4 is 53.4 Å². The van der Waals surface area contributed by atoms with Gasteiger partial charge in [0.15, 0.2) is 17.5 Å². The van der Waals surface area contributed by atoms with Gasteiger partial charge in [0.1, 0.15) is 11.3 Å². The van der Waals surface area contributed by atoms with Crippen LogP contribution in [0.4, 0.5) is 0 Å². The summed E-state index contributed by atoms with van der Waals surface area (Å²) in [6.45, 7) is 0. The van der Waals surface area contributed by atoms with E-state index in [-0.39, 0.29) is 0 Å². The van der Waals surface area contributed by atoms with Gasteiger partial charge >= 0.3 is 0 Å².